The summed E-state index contributed by atoms with van der Waals surface area (Å²) in [6, 6.07) is 5.03. The highest BCUT2D eigenvalue weighted by atomic mass is 16.4. The van der Waals surface area contributed by atoms with E-state index in [1.54, 1.807) is 17.0 Å². The molecule has 1 aromatic carbocycles. The normalized spacial score (nSPS) is 19.6. The fraction of sp³-hybridized carbons (Fsp3) is 0.500. The zero-order valence-corrected chi connectivity index (χ0v) is 12.0. The van der Waals surface area contributed by atoms with Gasteiger partial charge in [0, 0.05) is 18.8 Å². The molecule has 1 saturated carbocycles. The van der Waals surface area contributed by atoms with Gasteiger partial charge in [-0.2, -0.15) is 0 Å². The number of benzene rings is 1. The van der Waals surface area contributed by atoms with Crippen molar-refractivity contribution in [1.29, 1.82) is 0 Å². The van der Waals surface area contributed by atoms with E-state index in [1.807, 2.05) is 6.07 Å². The van der Waals surface area contributed by atoms with Crippen molar-refractivity contribution in [2.24, 2.45) is 11.1 Å². The molecule has 2 aliphatic rings. The third kappa shape index (κ3) is 2.21. The molecule has 0 radical (unpaired) electrons. The number of carboxylic acid groups (broad SMARTS) is 1. The molecule has 1 aliphatic heterocycles. The molecular weight excluding hydrogens is 268 g/mol. The molecule has 1 aromatic rings. The van der Waals surface area contributed by atoms with Gasteiger partial charge in [0.15, 0.2) is 0 Å². The Kier molecular flexibility index (Phi) is 3.45. The Bertz CT molecular complexity index is 591. The molecule has 0 bridgehead atoms. The number of nitrogens with two attached hydrogens (primary N) is 1. The monoisotopic (exact) mass is 288 g/mol. The van der Waals surface area contributed by atoms with E-state index in [0.717, 1.165) is 43.4 Å². The van der Waals surface area contributed by atoms with Crippen molar-refractivity contribution in [1.82, 2.24) is 0 Å². The summed E-state index contributed by atoms with van der Waals surface area (Å²) in [6.07, 6.45) is 4.54. The van der Waals surface area contributed by atoms with E-state index in [-0.39, 0.29) is 11.5 Å². The number of carboxylic acids is 1. The molecule has 1 amide bonds. The number of fused-ring (bicyclic) bond motifs is 1. The van der Waals surface area contributed by atoms with Gasteiger partial charge in [0.25, 0.3) is 0 Å². The van der Waals surface area contributed by atoms with Gasteiger partial charge in [-0.3, -0.25) is 4.79 Å². The highest BCUT2D eigenvalue weighted by Crippen LogP contribution is 2.41. The van der Waals surface area contributed by atoms with E-state index in [9.17, 15) is 9.59 Å². The molecule has 0 unspecified atom stereocenters. The first kappa shape index (κ1) is 14.1. The SMILES string of the molecule is NCC1(C(=O)N2CCc3ccc(C(=O)O)cc32)CCCC1. The topological polar surface area (TPSA) is 83.6 Å². The molecule has 1 heterocycles. The van der Waals surface area contributed by atoms with Crippen molar-refractivity contribution in [3.8, 4) is 0 Å². The minimum Gasteiger partial charge on any atom is -0.478 e. The van der Waals surface area contributed by atoms with Crippen molar-refractivity contribution >= 4 is 17.6 Å². The first-order valence-electron chi connectivity index (χ1n) is 7.46. The molecule has 5 nitrogen and oxygen atoms in total. The van der Waals surface area contributed by atoms with Crippen LogP contribution in [0.3, 0.4) is 0 Å². The smallest absolute Gasteiger partial charge is 0.335 e. The Labute approximate surface area is 123 Å². The van der Waals surface area contributed by atoms with Gasteiger partial charge in [-0.25, -0.2) is 4.79 Å². The Balaban J connectivity index is 1.94. The second-order valence-corrected chi connectivity index (χ2v) is 6.05. The molecule has 0 atom stereocenters. The van der Waals surface area contributed by atoms with Gasteiger partial charge < -0.3 is 15.7 Å². The van der Waals surface area contributed by atoms with Gasteiger partial charge in [0.2, 0.25) is 5.91 Å². The number of rotatable bonds is 3. The van der Waals surface area contributed by atoms with Gasteiger partial charge in [-0.1, -0.05) is 18.9 Å². The fourth-order valence-corrected chi connectivity index (χ4v) is 3.57. The molecular formula is C16H20N2O3. The number of carbonyl (C=O) groups excluding carboxylic acids is 1. The minimum absolute atomic E-state index is 0.0730. The van der Waals surface area contributed by atoms with E-state index in [0.29, 0.717) is 13.1 Å². The van der Waals surface area contributed by atoms with Crippen molar-refractivity contribution in [2.75, 3.05) is 18.0 Å². The summed E-state index contributed by atoms with van der Waals surface area (Å²) in [4.78, 5) is 25.8. The van der Waals surface area contributed by atoms with Crippen LogP contribution >= 0.6 is 0 Å². The minimum atomic E-state index is -0.966. The van der Waals surface area contributed by atoms with E-state index in [2.05, 4.69) is 0 Å². The third-order valence-corrected chi connectivity index (χ3v) is 4.88. The number of carbonyl (C=O) groups is 2. The molecule has 0 saturated heterocycles. The maximum absolute atomic E-state index is 12.9. The summed E-state index contributed by atoms with van der Waals surface area (Å²) in [5.41, 5.74) is 7.46. The van der Waals surface area contributed by atoms with Crippen LogP contribution in [0.1, 0.15) is 41.6 Å². The fourth-order valence-electron chi connectivity index (χ4n) is 3.57. The number of hydrogen-bond acceptors (Lipinski definition) is 3. The average Bonchev–Trinajstić information content (AvgIpc) is 3.13. The van der Waals surface area contributed by atoms with Crippen LogP contribution in [0.4, 0.5) is 5.69 Å². The predicted octanol–water partition coefficient (Wildman–Crippen LogP) is 1.79. The van der Waals surface area contributed by atoms with Crippen LogP contribution in [0.25, 0.3) is 0 Å². The quantitative estimate of drug-likeness (QED) is 0.888. The molecule has 1 fully saturated rings. The van der Waals surface area contributed by atoms with E-state index in [4.69, 9.17) is 10.8 Å². The molecule has 5 heteroatoms. The molecule has 3 N–H and O–H groups in total. The van der Waals surface area contributed by atoms with Crippen molar-refractivity contribution < 1.29 is 14.7 Å². The standard InChI is InChI=1S/C16H20N2O3/c17-10-16(6-1-2-7-16)15(21)18-8-5-11-3-4-12(14(19)20)9-13(11)18/h3-4,9H,1-2,5-8,10,17H2,(H,19,20). The molecule has 21 heavy (non-hydrogen) atoms. The van der Waals surface area contributed by atoms with E-state index in [1.165, 1.54) is 0 Å². The number of hydrogen-bond donors (Lipinski definition) is 2. The maximum atomic E-state index is 12.9. The Morgan fingerprint density at radius 1 is 1.29 bits per heavy atom. The van der Waals surface area contributed by atoms with E-state index >= 15 is 0 Å². The zero-order valence-electron chi connectivity index (χ0n) is 12.0. The Morgan fingerprint density at radius 3 is 2.62 bits per heavy atom. The highest BCUT2D eigenvalue weighted by Gasteiger charge is 2.44. The number of amides is 1. The number of nitrogens with zero attached hydrogens (tertiary/aromatic N) is 1. The highest BCUT2D eigenvalue weighted by molar-refractivity contribution is 6.01. The number of aromatic carboxylic acids is 1. The van der Waals surface area contributed by atoms with Gasteiger partial charge >= 0.3 is 5.97 Å². The lowest BCUT2D eigenvalue weighted by molar-refractivity contribution is -0.127. The van der Waals surface area contributed by atoms with Crippen LogP contribution in [-0.4, -0.2) is 30.1 Å². The Morgan fingerprint density at radius 2 is 2.00 bits per heavy atom. The first-order valence-corrected chi connectivity index (χ1v) is 7.46. The van der Waals surface area contributed by atoms with Crippen LogP contribution in [0, 0.1) is 5.41 Å². The zero-order chi connectivity index (χ0) is 15.0. The molecule has 1 aliphatic carbocycles. The maximum Gasteiger partial charge on any atom is 0.335 e. The lowest BCUT2D eigenvalue weighted by Gasteiger charge is -2.31. The predicted molar refractivity (Wildman–Crippen MR) is 79.4 cm³/mol. The van der Waals surface area contributed by atoms with Crippen LogP contribution < -0.4 is 10.6 Å². The van der Waals surface area contributed by atoms with Gasteiger partial charge in [0.05, 0.1) is 11.0 Å². The van der Waals surface area contributed by atoms with Crippen molar-refractivity contribution in [3.63, 3.8) is 0 Å². The largest absolute Gasteiger partial charge is 0.478 e. The second kappa shape index (κ2) is 5.15. The Hall–Kier alpha value is -1.88. The molecule has 0 aromatic heterocycles. The molecule has 112 valence electrons. The van der Waals surface area contributed by atoms with Crippen LogP contribution in [0.5, 0.6) is 0 Å². The summed E-state index contributed by atoms with van der Waals surface area (Å²) in [5, 5.41) is 9.13. The molecule has 0 spiro atoms. The second-order valence-electron chi connectivity index (χ2n) is 6.05. The van der Waals surface area contributed by atoms with Gasteiger partial charge in [-0.05, 0) is 37.0 Å². The summed E-state index contributed by atoms with van der Waals surface area (Å²) >= 11 is 0. The first-order chi connectivity index (χ1) is 10.1. The van der Waals surface area contributed by atoms with Crippen LogP contribution in [-0.2, 0) is 11.2 Å². The van der Waals surface area contributed by atoms with Crippen LogP contribution in [0.15, 0.2) is 18.2 Å². The third-order valence-electron chi connectivity index (χ3n) is 4.88. The summed E-state index contributed by atoms with van der Waals surface area (Å²) in [7, 11) is 0. The summed E-state index contributed by atoms with van der Waals surface area (Å²) in [6.45, 7) is 0.995. The lowest BCUT2D eigenvalue weighted by atomic mass is 9.84. The van der Waals surface area contributed by atoms with Gasteiger partial charge in [0.1, 0.15) is 0 Å². The number of anilines is 1. The van der Waals surface area contributed by atoms with Crippen molar-refractivity contribution in [3.05, 3.63) is 29.3 Å². The van der Waals surface area contributed by atoms with Gasteiger partial charge in [-0.15, -0.1) is 0 Å². The average molecular weight is 288 g/mol. The summed E-state index contributed by atoms with van der Waals surface area (Å²) in [5.74, 6) is -0.893. The summed E-state index contributed by atoms with van der Waals surface area (Å²) < 4.78 is 0. The van der Waals surface area contributed by atoms with E-state index < -0.39 is 11.4 Å². The van der Waals surface area contributed by atoms with Crippen molar-refractivity contribution in [2.45, 2.75) is 32.1 Å². The lowest BCUT2D eigenvalue weighted by Crippen LogP contribution is -2.46. The van der Waals surface area contributed by atoms with Crippen LogP contribution in [0.2, 0.25) is 0 Å². The molecule has 3 rings (SSSR count).